The van der Waals surface area contributed by atoms with Crippen molar-refractivity contribution < 1.29 is 18.1 Å². The van der Waals surface area contributed by atoms with Crippen molar-refractivity contribution in [1.29, 1.82) is 0 Å². The third-order valence-electron chi connectivity index (χ3n) is 3.19. The van der Waals surface area contributed by atoms with Gasteiger partial charge in [0.25, 0.3) is 11.8 Å². The van der Waals surface area contributed by atoms with Crippen LogP contribution in [0.25, 0.3) is 11.7 Å². The highest BCUT2D eigenvalue weighted by Gasteiger charge is 2.17. The molecule has 1 atom stereocenters. The number of benzene rings is 1. The standard InChI is InChI=1S/C15H13ClFN3O2/c1-20(8-10-11(16)4-2-5-12(10)17)9-14-18-19-15(22-14)13-6-3-7-21-13/h2-7H,8-9H2,1H3/p+1. The summed E-state index contributed by atoms with van der Waals surface area (Å²) in [4.78, 5) is 0.974. The molecule has 0 aliphatic heterocycles. The van der Waals surface area contributed by atoms with Crippen molar-refractivity contribution in [1.82, 2.24) is 10.2 Å². The normalized spacial score (nSPS) is 12.5. The molecular formula is C15H14ClFN3O2+. The Morgan fingerprint density at radius 3 is 2.77 bits per heavy atom. The molecule has 5 nitrogen and oxygen atoms in total. The van der Waals surface area contributed by atoms with E-state index in [-0.39, 0.29) is 5.82 Å². The summed E-state index contributed by atoms with van der Waals surface area (Å²) in [6.07, 6.45) is 1.54. The molecule has 2 aromatic heterocycles. The van der Waals surface area contributed by atoms with Crippen LogP contribution in [0.4, 0.5) is 4.39 Å². The van der Waals surface area contributed by atoms with Crippen LogP contribution in [-0.2, 0) is 13.1 Å². The Hall–Kier alpha value is -2.18. The zero-order chi connectivity index (χ0) is 15.5. The van der Waals surface area contributed by atoms with Gasteiger partial charge in [-0.2, -0.15) is 0 Å². The van der Waals surface area contributed by atoms with Crippen molar-refractivity contribution in [3.63, 3.8) is 0 Å². The number of halogens is 2. The van der Waals surface area contributed by atoms with E-state index >= 15 is 0 Å². The van der Waals surface area contributed by atoms with E-state index in [1.807, 2.05) is 7.05 Å². The average molecular weight is 323 g/mol. The molecule has 114 valence electrons. The van der Waals surface area contributed by atoms with E-state index in [9.17, 15) is 4.39 Å². The third kappa shape index (κ3) is 3.18. The second-order valence-corrected chi connectivity index (χ2v) is 5.40. The van der Waals surface area contributed by atoms with Crippen LogP contribution in [0.3, 0.4) is 0 Å². The Morgan fingerprint density at radius 1 is 1.18 bits per heavy atom. The predicted octanol–water partition coefficient (Wildman–Crippen LogP) is 2.34. The van der Waals surface area contributed by atoms with Crippen molar-refractivity contribution in [3.8, 4) is 11.7 Å². The van der Waals surface area contributed by atoms with Crippen LogP contribution in [0, 0.1) is 5.82 Å². The number of nitrogens with zero attached hydrogens (tertiary/aromatic N) is 2. The molecule has 3 aromatic rings. The molecule has 3 rings (SSSR count). The lowest BCUT2D eigenvalue weighted by Gasteiger charge is -2.13. The fourth-order valence-corrected chi connectivity index (χ4v) is 2.38. The summed E-state index contributed by atoms with van der Waals surface area (Å²) in [6.45, 7) is 0.877. The summed E-state index contributed by atoms with van der Waals surface area (Å²) >= 11 is 6.03. The Balaban J connectivity index is 1.68. The first kappa shape index (κ1) is 14.7. The second kappa shape index (κ2) is 6.29. The lowest BCUT2D eigenvalue weighted by molar-refractivity contribution is -0.909. The molecule has 1 aromatic carbocycles. The lowest BCUT2D eigenvalue weighted by Crippen LogP contribution is -3.06. The number of aromatic nitrogens is 2. The molecule has 0 bridgehead atoms. The smallest absolute Gasteiger partial charge is 0.283 e. The van der Waals surface area contributed by atoms with Gasteiger partial charge in [0, 0.05) is 0 Å². The van der Waals surface area contributed by atoms with Gasteiger partial charge in [0.15, 0.2) is 12.3 Å². The van der Waals surface area contributed by atoms with Gasteiger partial charge in [-0.3, -0.25) is 0 Å². The van der Waals surface area contributed by atoms with Crippen molar-refractivity contribution in [3.05, 3.63) is 58.9 Å². The minimum absolute atomic E-state index is 0.311. The number of nitrogens with one attached hydrogen (secondary N) is 1. The molecule has 2 heterocycles. The van der Waals surface area contributed by atoms with Crippen LogP contribution in [0.15, 0.2) is 45.4 Å². The molecule has 0 aliphatic rings. The molecule has 0 saturated carbocycles. The molecule has 0 aliphatic carbocycles. The van der Waals surface area contributed by atoms with Gasteiger partial charge in [-0.15, -0.1) is 10.2 Å². The summed E-state index contributed by atoms with van der Waals surface area (Å²) in [5, 5.41) is 8.32. The largest absolute Gasteiger partial charge is 0.459 e. The van der Waals surface area contributed by atoms with E-state index in [1.165, 1.54) is 12.3 Å². The highest BCUT2D eigenvalue weighted by atomic mass is 35.5. The Bertz CT molecular complexity index is 738. The summed E-state index contributed by atoms with van der Waals surface area (Å²) in [6, 6.07) is 8.15. The van der Waals surface area contributed by atoms with Crippen molar-refractivity contribution in [2.24, 2.45) is 0 Å². The van der Waals surface area contributed by atoms with Gasteiger partial charge in [-0.25, -0.2) is 4.39 Å². The summed E-state index contributed by atoms with van der Waals surface area (Å²) in [5.74, 6) is 0.996. The van der Waals surface area contributed by atoms with Crippen LogP contribution in [0.2, 0.25) is 5.02 Å². The number of quaternary nitrogens is 1. The van der Waals surface area contributed by atoms with E-state index in [1.54, 1.807) is 24.3 Å². The fraction of sp³-hybridized carbons (Fsp3) is 0.200. The zero-order valence-corrected chi connectivity index (χ0v) is 12.6. The van der Waals surface area contributed by atoms with E-state index in [2.05, 4.69) is 10.2 Å². The fourth-order valence-electron chi connectivity index (χ4n) is 2.15. The van der Waals surface area contributed by atoms with Crippen molar-refractivity contribution >= 4 is 11.6 Å². The zero-order valence-electron chi connectivity index (χ0n) is 11.8. The third-order valence-corrected chi connectivity index (χ3v) is 3.55. The van der Waals surface area contributed by atoms with Crippen LogP contribution in [0.5, 0.6) is 0 Å². The van der Waals surface area contributed by atoms with Gasteiger partial charge in [-0.05, 0) is 24.3 Å². The van der Waals surface area contributed by atoms with E-state index in [4.69, 9.17) is 20.4 Å². The Labute approximate surface area is 131 Å². The molecule has 1 unspecified atom stereocenters. The Morgan fingerprint density at radius 2 is 2.05 bits per heavy atom. The van der Waals surface area contributed by atoms with Gasteiger partial charge in [0.1, 0.15) is 12.4 Å². The van der Waals surface area contributed by atoms with E-state index in [0.717, 1.165) is 4.90 Å². The molecule has 0 spiro atoms. The SMILES string of the molecule is C[NH+](Cc1nnc(-c2ccco2)o1)Cc1c(F)cccc1Cl. The first-order chi connectivity index (χ1) is 10.6. The molecule has 0 fully saturated rings. The van der Waals surface area contributed by atoms with Gasteiger partial charge >= 0.3 is 0 Å². The Kier molecular flexibility index (Phi) is 4.22. The van der Waals surface area contributed by atoms with Crippen LogP contribution < -0.4 is 4.90 Å². The maximum atomic E-state index is 13.8. The van der Waals surface area contributed by atoms with Gasteiger partial charge in [-0.1, -0.05) is 17.7 Å². The number of furan rings is 1. The molecule has 7 heteroatoms. The molecule has 0 amide bonds. The average Bonchev–Trinajstić information content (AvgIpc) is 3.13. The van der Waals surface area contributed by atoms with E-state index in [0.29, 0.717) is 41.2 Å². The van der Waals surface area contributed by atoms with Gasteiger partial charge < -0.3 is 13.7 Å². The first-order valence-electron chi connectivity index (χ1n) is 6.74. The first-order valence-corrected chi connectivity index (χ1v) is 7.11. The maximum absolute atomic E-state index is 13.8. The summed E-state index contributed by atoms with van der Waals surface area (Å²) < 4.78 is 24.5. The van der Waals surface area contributed by atoms with Crippen molar-refractivity contribution in [2.45, 2.75) is 13.1 Å². The van der Waals surface area contributed by atoms with Crippen LogP contribution in [0.1, 0.15) is 11.5 Å². The lowest BCUT2D eigenvalue weighted by atomic mass is 10.2. The van der Waals surface area contributed by atoms with Crippen LogP contribution >= 0.6 is 11.6 Å². The minimum Gasteiger partial charge on any atom is -0.459 e. The van der Waals surface area contributed by atoms with Crippen LogP contribution in [-0.4, -0.2) is 17.2 Å². The summed E-state index contributed by atoms with van der Waals surface area (Å²) in [5.41, 5.74) is 0.479. The second-order valence-electron chi connectivity index (χ2n) is 4.99. The minimum atomic E-state index is -0.311. The maximum Gasteiger partial charge on any atom is 0.283 e. The van der Waals surface area contributed by atoms with Crippen molar-refractivity contribution in [2.75, 3.05) is 7.05 Å². The molecule has 0 saturated heterocycles. The number of hydrogen-bond acceptors (Lipinski definition) is 4. The summed E-state index contributed by atoms with van der Waals surface area (Å²) in [7, 11) is 1.90. The molecule has 0 radical (unpaired) electrons. The quantitative estimate of drug-likeness (QED) is 0.783. The highest BCUT2D eigenvalue weighted by Crippen LogP contribution is 2.19. The number of rotatable bonds is 5. The number of hydrogen-bond donors (Lipinski definition) is 1. The van der Waals surface area contributed by atoms with Gasteiger partial charge in [0.05, 0.1) is 23.9 Å². The molecule has 22 heavy (non-hydrogen) atoms. The monoisotopic (exact) mass is 322 g/mol. The molecular weight excluding hydrogens is 309 g/mol. The highest BCUT2D eigenvalue weighted by molar-refractivity contribution is 6.31. The van der Waals surface area contributed by atoms with E-state index < -0.39 is 0 Å². The predicted molar refractivity (Wildman–Crippen MR) is 77.7 cm³/mol. The van der Waals surface area contributed by atoms with Gasteiger partial charge in [0.2, 0.25) is 0 Å². The topological polar surface area (TPSA) is 56.5 Å². The molecule has 1 N–H and O–H groups in total.